The van der Waals surface area contributed by atoms with E-state index in [-0.39, 0.29) is 6.42 Å². The number of nitrogens with zero attached hydrogens (tertiary/aromatic N) is 2. The van der Waals surface area contributed by atoms with Crippen LogP contribution in [0.15, 0.2) is 30.3 Å². The molecule has 1 N–H and O–H groups in total. The zero-order valence-electron chi connectivity index (χ0n) is 11.2. The molecule has 0 bridgehead atoms. The van der Waals surface area contributed by atoms with Gasteiger partial charge in [-0.15, -0.1) is 0 Å². The molecule has 2 aromatic rings. The van der Waals surface area contributed by atoms with E-state index in [1.165, 1.54) is 24.3 Å². The fraction of sp³-hybridized carbons (Fsp3) is 0.357. The summed E-state index contributed by atoms with van der Waals surface area (Å²) in [5.74, 6) is -0.0850. The maximum atomic E-state index is 13.2. The summed E-state index contributed by atoms with van der Waals surface area (Å²) in [5, 5.41) is 6.95. The number of anilines is 1. The molecule has 2 unspecified atom stereocenters. The van der Waals surface area contributed by atoms with Gasteiger partial charge < -0.3 is 5.32 Å². The number of rotatable bonds is 1. The second-order valence-electron chi connectivity index (χ2n) is 5.16. The first-order chi connectivity index (χ1) is 9.84. The molecule has 21 heavy (non-hydrogen) atoms. The van der Waals surface area contributed by atoms with Crippen molar-refractivity contribution in [3.63, 3.8) is 0 Å². The highest BCUT2D eigenvalue weighted by Crippen LogP contribution is 2.43. The predicted molar refractivity (Wildman–Crippen MR) is 69.4 cm³/mol. The second kappa shape index (κ2) is 4.75. The largest absolute Gasteiger partial charge is 0.410 e. The Morgan fingerprint density at radius 3 is 2.52 bits per heavy atom. The van der Waals surface area contributed by atoms with Gasteiger partial charge >= 0.3 is 6.18 Å². The molecule has 1 aliphatic heterocycles. The van der Waals surface area contributed by atoms with E-state index in [9.17, 15) is 17.6 Å². The summed E-state index contributed by atoms with van der Waals surface area (Å²) < 4.78 is 53.6. The van der Waals surface area contributed by atoms with Gasteiger partial charge in [-0.25, -0.2) is 9.07 Å². The third kappa shape index (κ3) is 2.59. The fourth-order valence-corrected chi connectivity index (χ4v) is 2.61. The molecule has 7 heteroatoms. The molecule has 0 saturated carbocycles. The molecule has 0 saturated heterocycles. The summed E-state index contributed by atoms with van der Waals surface area (Å²) in [6, 6.07) is 4.86. The summed E-state index contributed by atoms with van der Waals surface area (Å²) in [6.45, 7) is 1.65. The van der Waals surface area contributed by atoms with Crippen LogP contribution in [0.3, 0.4) is 0 Å². The summed E-state index contributed by atoms with van der Waals surface area (Å²) in [5.41, 5.74) is 1.14. The molecule has 2 atom stereocenters. The summed E-state index contributed by atoms with van der Waals surface area (Å²) in [6.07, 6.45) is -4.56. The molecule has 0 amide bonds. The smallest absolute Gasteiger partial charge is 0.363 e. The van der Waals surface area contributed by atoms with Gasteiger partial charge in [0.1, 0.15) is 11.6 Å². The van der Waals surface area contributed by atoms with E-state index in [2.05, 4.69) is 10.4 Å². The zero-order chi connectivity index (χ0) is 15.2. The number of aromatic nitrogens is 2. The number of halogens is 4. The van der Waals surface area contributed by atoms with Crippen LogP contribution >= 0.6 is 0 Å². The molecule has 3 rings (SSSR count). The number of aryl methyl sites for hydroxylation is 1. The lowest BCUT2D eigenvalue weighted by molar-refractivity contribution is -0.173. The Balaban J connectivity index is 1.98. The lowest BCUT2D eigenvalue weighted by atomic mass is 9.97. The number of nitrogens with one attached hydrogen (secondary N) is 1. The Kier molecular flexibility index (Phi) is 3.15. The van der Waals surface area contributed by atoms with Crippen molar-refractivity contribution < 1.29 is 17.6 Å². The molecular formula is C14H13F4N3. The fourth-order valence-electron chi connectivity index (χ4n) is 2.61. The van der Waals surface area contributed by atoms with Crippen molar-refractivity contribution in [1.82, 2.24) is 9.78 Å². The molecule has 0 radical (unpaired) electrons. The Labute approximate surface area is 118 Å². The van der Waals surface area contributed by atoms with Gasteiger partial charge in [-0.3, -0.25) is 0 Å². The Hall–Kier alpha value is -2.05. The Bertz CT molecular complexity index is 645. The maximum Gasteiger partial charge on any atom is 0.410 e. The normalized spacial score (nSPS) is 21.8. The van der Waals surface area contributed by atoms with E-state index < -0.39 is 24.1 Å². The van der Waals surface area contributed by atoms with Crippen molar-refractivity contribution >= 4 is 5.82 Å². The molecular weight excluding hydrogens is 286 g/mol. The van der Waals surface area contributed by atoms with Gasteiger partial charge in [0.2, 0.25) is 0 Å². The molecule has 112 valence electrons. The van der Waals surface area contributed by atoms with E-state index in [4.69, 9.17) is 0 Å². The van der Waals surface area contributed by atoms with Crippen LogP contribution in [0, 0.1) is 12.7 Å². The van der Waals surface area contributed by atoms with Crippen molar-refractivity contribution in [3.8, 4) is 0 Å². The minimum Gasteiger partial charge on any atom is -0.363 e. The monoisotopic (exact) mass is 299 g/mol. The first-order valence-electron chi connectivity index (χ1n) is 6.49. The maximum absolute atomic E-state index is 13.2. The van der Waals surface area contributed by atoms with Crippen LogP contribution in [0.2, 0.25) is 0 Å². The standard InChI is InChI=1S/C14H13F4N3/c1-8-6-13-19-11(9-2-4-10(15)5-3-9)7-12(14(16,17)18)21(13)20-8/h2-6,11-12,19H,7H2,1H3. The highest BCUT2D eigenvalue weighted by Gasteiger charge is 2.46. The van der Waals surface area contributed by atoms with Crippen molar-refractivity contribution in [1.29, 1.82) is 0 Å². The van der Waals surface area contributed by atoms with E-state index in [0.717, 1.165) is 4.68 Å². The van der Waals surface area contributed by atoms with Crippen LogP contribution in [0.5, 0.6) is 0 Å². The van der Waals surface area contributed by atoms with Crippen LogP contribution in [-0.2, 0) is 0 Å². The van der Waals surface area contributed by atoms with Gasteiger partial charge in [-0.2, -0.15) is 18.3 Å². The minimum atomic E-state index is -4.38. The van der Waals surface area contributed by atoms with Crippen molar-refractivity contribution in [2.24, 2.45) is 0 Å². The lowest BCUT2D eigenvalue weighted by Crippen LogP contribution is -2.35. The van der Waals surface area contributed by atoms with Crippen LogP contribution in [0.4, 0.5) is 23.4 Å². The van der Waals surface area contributed by atoms with Crippen LogP contribution in [0.25, 0.3) is 0 Å². The number of alkyl halides is 3. The number of fused-ring (bicyclic) bond motifs is 1. The predicted octanol–water partition coefficient (Wildman–Crippen LogP) is 3.99. The van der Waals surface area contributed by atoms with E-state index in [1.807, 2.05) is 0 Å². The second-order valence-corrected chi connectivity index (χ2v) is 5.16. The molecule has 1 aromatic carbocycles. The van der Waals surface area contributed by atoms with Crippen LogP contribution in [-0.4, -0.2) is 16.0 Å². The van der Waals surface area contributed by atoms with Crippen LogP contribution < -0.4 is 5.32 Å². The molecule has 1 aromatic heterocycles. The molecule has 2 heterocycles. The van der Waals surface area contributed by atoms with Gasteiger partial charge in [-0.05, 0) is 24.6 Å². The lowest BCUT2D eigenvalue weighted by Gasteiger charge is -2.33. The van der Waals surface area contributed by atoms with Gasteiger partial charge in [0.15, 0.2) is 6.04 Å². The summed E-state index contributed by atoms with van der Waals surface area (Å²) >= 11 is 0. The summed E-state index contributed by atoms with van der Waals surface area (Å²) in [7, 11) is 0. The van der Waals surface area contributed by atoms with Gasteiger partial charge in [0.25, 0.3) is 0 Å². The topological polar surface area (TPSA) is 29.9 Å². The van der Waals surface area contributed by atoms with Gasteiger partial charge in [0.05, 0.1) is 11.7 Å². The van der Waals surface area contributed by atoms with E-state index in [1.54, 1.807) is 13.0 Å². The van der Waals surface area contributed by atoms with E-state index >= 15 is 0 Å². The molecule has 1 aliphatic rings. The zero-order valence-corrected chi connectivity index (χ0v) is 11.2. The summed E-state index contributed by atoms with van der Waals surface area (Å²) in [4.78, 5) is 0. The highest BCUT2D eigenvalue weighted by molar-refractivity contribution is 5.43. The van der Waals surface area contributed by atoms with Crippen LogP contribution in [0.1, 0.15) is 29.8 Å². The van der Waals surface area contributed by atoms with Gasteiger partial charge in [0, 0.05) is 12.5 Å². The minimum absolute atomic E-state index is 0.177. The van der Waals surface area contributed by atoms with Crippen molar-refractivity contribution in [2.75, 3.05) is 5.32 Å². The molecule has 0 aliphatic carbocycles. The number of hydrogen-bond donors (Lipinski definition) is 1. The van der Waals surface area contributed by atoms with Crippen molar-refractivity contribution in [3.05, 3.63) is 47.4 Å². The highest BCUT2D eigenvalue weighted by atomic mass is 19.4. The average molecular weight is 299 g/mol. The quantitative estimate of drug-likeness (QED) is 0.807. The first kappa shape index (κ1) is 13.9. The third-order valence-electron chi connectivity index (χ3n) is 3.58. The Morgan fingerprint density at radius 1 is 1.24 bits per heavy atom. The molecule has 3 nitrogen and oxygen atoms in total. The van der Waals surface area contributed by atoms with Crippen molar-refractivity contribution in [2.45, 2.75) is 31.6 Å². The molecule has 0 spiro atoms. The third-order valence-corrected chi connectivity index (χ3v) is 3.58. The molecule has 0 fully saturated rings. The number of hydrogen-bond acceptors (Lipinski definition) is 2. The van der Waals surface area contributed by atoms with Gasteiger partial charge in [-0.1, -0.05) is 12.1 Å². The average Bonchev–Trinajstić information content (AvgIpc) is 2.77. The van der Waals surface area contributed by atoms with E-state index in [0.29, 0.717) is 17.1 Å². The Morgan fingerprint density at radius 2 is 1.90 bits per heavy atom. The first-order valence-corrected chi connectivity index (χ1v) is 6.49. The SMILES string of the molecule is Cc1cc2n(n1)C(C(F)(F)F)CC(c1ccc(F)cc1)N2. The number of benzene rings is 1.